The molecule has 1 atom stereocenters. The smallest absolute Gasteiger partial charge is 0.326 e. The van der Waals surface area contributed by atoms with Gasteiger partial charge in [-0.05, 0) is 66.1 Å². The molecule has 0 saturated heterocycles. The highest BCUT2D eigenvalue weighted by Gasteiger charge is 2.25. The van der Waals surface area contributed by atoms with Crippen LogP contribution in [0.1, 0.15) is 55.7 Å². The summed E-state index contributed by atoms with van der Waals surface area (Å²) in [5.41, 5.74) is 1.08. The molecule has 6 nitrogen and oxygen atoms in total. The first-order valence-corrected chi connectivity index (χ1v) is 12.1. The summed E-state index contributed by atoms with van der Waals surface area (Å²) in [6.07, 6.45) is 5.49. The number of aromatic nitrogens is 1. The van der Waals surface area contributed by atoms with Crippen molar-refractivity contribution in [2.75, 3.05) is 0 Å². The number of carboxylic acid groups (broad SMARTS) is 1. The lowest BCUT2D eigenvalue weighted by Gasteiger charge is -2.19. The predicted molar refractivity (Wildman–Crippen MR) is 133 cm³/mol. The number of hydrogen-bond acceptors (Lipinski definition) is 4. The fourth-order valence-electron chi connectivity index (χ4n) is 4.49. The zero-order valence-corrected chi connectivity index (χ0v) is 20.1. The highest BCUT2D eigenvalue weighted by atomic mass is 35.5. The number of carboxylic acids is 1. The molecule has 0 aliphatic heterocycles. The van der Waals surface area contributed by atoms with E-state index >= 15 is 0 Å². The van der Waals surface area contributed by atoms with E-state index in [1.54, 1.807) is 32.0 Å². The van der Waals surface area contributed by atoms with E-state index in [2.05, 4.69) is 5.32 Å². The Morgan fingerprint density at radius 2 is 1.76 bits per heavy atom. The molecule has 3 aromatic rings. The predicted octanol–water partition coefficient (Wildman–Crippen LogP) is 6.25. The zero-order chi connectivity index (χ0) is 24.2. The molecule has 0 unspecified atom stereocenters. The first kappa shape index (κ1) is 24.0. The number of fused-ring (bicyclic) bond motifs is 1. The summed E-state index contributed by atoms with van der Waals surface area (Å²) in [5.74, 6) is 0.104. The van der Waals surface area contributed by atoms with Gasteiger partial charge in [-0.15, -0.1) is 0 Å². The third-order valence-electron chi connectivity index (χ3n) is 6.34. The quantitative estimate of drug-likeness (QED) is 0.397. The number of nitrogens with one attached hydrogen (secondary N) is 1. The lowest BCUT2D eigenvalue weighted by Crippen LogP contribution is -2.44. The highest BCUT2D eigenvalue weighted by Crippen LogP contribution is 2.33. The number of nitrogens with zero attached hydrogens (tertiary/aromatic N) is 1. The number of ether oxygens (including phenoxy) is 1. The Hall–Kier alpha value is -3.12. The summed E-state index contributed by atoms with van der Waals surface area (Å²) in [6, 6.07) is 13.6. The molecule has 1 heterocycles. The minimum absolute atomic E-state index is 0.235. The van der Waals surface area contributed by atoms with Crippen molar-refractivity contribution < 1.29 is 19.4 Å². The van der Waals surface area contributed by atoms with Crippen LogP contribution >= 0.6 is 11.6 Å². The van der Waals surface area contributed by atoms with Gasteiger partial charge in [0.2, 0.25) is 0 Å². The number of benzene rings is 2. The van der Waals surface area contributed by atoms with Gasteiger partial charge in [0.25, 0.3) is 5.91 Å². The molecule has 4 rings (SSSR count). The van der Waals surface area contributed by atoms with Gasteiger partial charge in [-0.3, -0.25) is 4.79 Å². The minimum atomic E-state index is -1.06. The number of aliphatic carboxylic acids is 1. The Bertz CT molecular complexity index is 1190. The van der Waals surface area contributed by atoms with E-state index < -0.39 is 17.9 Å². The first-order chi connectivity index (χ1) is 16.3. The second kappa shape index (κ2) is 10.4. The average Bonchev–Trinajstić information content (AvgIpc) is 3.31. The zero-order valence-electron chi connectivity index (χ0n) is 19.4. The molecular weight excluding hydrogens is 452 g/mol. The van der Waals surface area contributed by atoms with Gasteiger partial charge in [-0.25, -0.2) is 9.78 Å². The Labute approximate surface area is 204 Å². The van der Waals surface area contributed by atoms with Crippen molar-refractivity contribution in [3.8, 4) is 11.5 Å². The lowest BCUT2D eigenvalue weighted by atomic mass is 9.97. The molecule has 0 bridgehead atoms. The van der Waals surface area contributed by atoms with Gasteiger partial charge in [-0.1, -0.05) is 57.2 Å². The molecular formula is C27H29ClN2O4. The fraction of sp³-hybridized carbons (Fsp3) is 0.370. The van der Waals surface area contributed by atoms with Crippen LogP contribution in [-0.4, -0.2) is 28.0 Å². The second-order valence-electron chi connectivity index (χ2n) is 9.28. The van der Waals surface area contributed by atoms with Crippen LogP contribution in [0.2, 0.25) is 5.02 Å². The van der Waals surface area contributed by atoms with E-state index in [-0.39, 0.29) is 11.6 Å². The Morgan fingerprint density at radius 3 is 2.41 bits per heavy atom. The van der Waals surface area contributed by atoms with E-state index in [1.165, 1.54) is 12.8 Å². The van der Waals surface area contributed by atoms with E-state index in [0.29, 0.717) is 22.4 Å². The third kappa shape index (κ3) is 5.68. The highest BCUT2D eigenvalue weighted by molar-refractivity contribution is 6.30. The van der Waals surface area contributed by atoms with Crippen molar-refractivity contribution in [1.82, 2.24) is 10.3 Å². The van der Waals surface area contributed by atoms with Gasteiger partial charge in [-0.2, -0.15) is 0 Å². The van der Waals surface area contributed by atoms with Crippen molar-refractivity contribution in [1.29, 1.82) is 0 Å². The molecule has 1 saturated carbocycles. The average molecular weight is 481 g/mol. The standard InChI is InChI=1S/C27H29ClN2O4/c1-16(2)25(27(32)33)30-26(31)24-14-18-7-10-21(34-20-11-8-19(28)9-12-20)15-22(18)23(29-24)13-17-5-3-4-6-17/h7-12,14-17,25H,3-6,13H2,1-2H3,(H,30,31)(H,32,33)/t25-/m0/s1. The summed E-state index contributed by atoms with van der Waals surface area (Å²) < 4.78 is 6.02. The van der Waals surface area contributed by atoms with Crippen molar-refractivity contribution in [3.05, 3.63) is 64.9 Å². The Kier molecular flexibility index (Phi) is 7.37. The number of carbonyl (C=O) groups excluding carboxylic acids is 1. The fourth-order valence-corrected chi connectivity index (χ4v) is 4.61. The van der Waals surface area contributed by atoms with Crippen LogP contribution in [0.3, 0.4) is 0 Å². The summed E-state index contributed by atoms with van der Waals surface area (Å²) in [4.78, 5) is 29.2. The van der Waals surface area contributed by atoms with Gasteiger partial charge in [0.1, 0.15) is 23.2 Å². The normalized spacial score (nSPS) is 14.9. The topological polar surface area (TPSA) is 88.5 Å². The molecule has 0 spiro atoms. The van der Waals surface area contributed by atoms with Crippen molar-refractivity contribution in [3.63, 3.8) is 0 Å². The lowest BCUT2D eigenvalue weighted by molar-refractivity contribution is -0.140. The maximum absolute atomic E-state index is 13.0. The molecule has 1 fully saturated rings. The number of hydrogen-bond donors (Lipinski definition) is 2. The van der Waals surface area contributed by atoms with Gasteiger partial charge < -0.3 is 15.2 Å². The number of rotatable bonds is 8. The summed E-state index contributed by atoms with van der Waals surface area (Å²) >= 11 is 5.97. The maximum Gasteiger partial charge on any atom is 0.326 e. The van der Waals surface area contributed by atoms with Gasteiger partial charge in [0.05, 0.1) is 0 Å². The van der Waals surface area contributed by atoms with E-state index in [4.69, 9.17) is 21.3 Å². The SMILES string of the molecule is CC(C)[C@H](NC(=O)c1cc2ccc(Oc3ccc(Cl)cc3)cc2c(CC2CCCC2)n1)C(=O)O. The van der Waals surface area contributed by atoms with Crippen LogP contribution in [-0.2, 0) is 11.2 Å². The number of amides is 1. The molecule has 178 valence electrons. The van der Waals surface area contributed by atoms with Crippen molar-refractivity contribution in [2.24, 2.45) is 11.8 Å². The van der Waals surface area contributed by atoms with Crippen LogP contribution in [0.15, 0.2) is 48.5 Å². The van der Waals surface area contributed by atoms with Crippen molar-refractivity contribution in [2.45, 2.75) is 52.0 Å². The summed E-state index contributed by atoms with van der Waals surface area (Å²) in [6.45, 7) is 3.53. The molecule has 2 aromatic carbocycles. The molecule has 2 N–H and O–H groups in total. The monoisotopic (exact) mass is 480 g/mol. The van der Waals surface area contributed by atoms with E-state index in [0.717, 1.165) is 35.7 Å². The number of halogens is 1. The number of carbonyl (C=O) groups is 2. The minimum Gasteiger partial charge on any atom is -0.480 e. The van der Waals surface area contributed by atoms with Gasteiger partial charge in [0, 0.05) is 16.1 Å². The molecule has 7 heteroatoms. The van der Waals surface area contributed by atoms with E-state index in [9.17, 15) is 14.7 Å². The molecule has 0 radical (unpaired) electrons. The van der Waals surface area contributed by atoms with Crippen molar-refractivity contribution >= 4 is 34.2 Å². The number of pyridine rings is 1. The summed E-state index contributed by atoms with van der Waals surface area (Å²) in [7, 11) is 0. The Morgan fingerprint density at radius 1 is 1.09 bits per heavy atom. The van der Waals surface area contributed by atoms with Gasteiger partial charge in [0.15, 0.2) is 0 Å². The Balaban J connectivity index is 1.68. The first-order valence-electron chi connectivity index (χ1n) is 11.7. The van der Waals surface area contributed by atoms with Crippen LogP contribution < -0.4 is 10.1 Å². The van der Waals surface area contributed by atoms with Crippen LogP contribution in [0.4, 0.5) is 0 Å². The van der Waals surface area contributed by atoms with Gasteiger partial charge >= 0.3 is 5.97 Å². The van der Waals surface area contributed by atoms with E-state index in [1.807, 2.05) is 30.3 Å². The molecule has 1 aromatic heterocycles. The van der Waals surface area contributed by atoms with Crippen LogP contribution in [0, 0.1) is 11.8 Å². The molecule has 1 amide bonds. The molecule has 34 heavy (non-hydrogen) atoms. The summed E-state index contributed by atoms with van der Waals surface area (Å²) in [5, 5.41) is 14.5. The van der Waals surface area contributed by atoms with Crippen LogP contribution in [0.5, 0.6) is 11.5 Å². The second-order valence-corrected chi connectivity index (χ2v) is 9.72. The third-order valence-corrected chi connectivity index (χ3v) is 6.59. The molecule has 1 aliphatic carbocycles. The maximum atomic E-state index is 13.0. The molecule has 1 aliphatic rings. The largest absolute Gasteiger partial charge is 0.480 e. The van der Waals surface area contributed by atoms with Crippen LogP contribution in [0.25, 0.3) is 10.8 Å².